The molecule has 1 N–H and O–H groups in total. The van der Waals surface area contributed by atoms with Gasteiger partial charge in [0.2, 0.25) is 11.9 Å². The number of hydrogen-bond donors (Lipinski definition) is 1. The number of aryl methyl sites for hydroxylation is 1. The fraction of sp³-hybridized carbons (Fsp3) is 0.529. The molecule has 0 spiro atoms. The lowest BCUT2D eigenvalue weighted by Gasteiger charge is -2.19. The van der Waals surface area contributed by atoms with E-state index in [0.29, 0.717) is 25.5 Å². The predicted octanol–water partition coefficient (Wildman–Crippen LogP) is -0.161. The molecule has 2 atom stereocenters. The van der Waals surface area contributed by atoms with Crippen molar-refractivity contribution in [2.24, 2.45) is 7.05 Å². The first-order chi connectivity index (χ1) is 12.5. The van der Waals surface area contributed by atoms with Crippen LogP contribution in [-0.2, 0) is 23.0 Å². The van der Waals surface area contributed by atoms with Crippen molar-refractivity contribution in [3.8, 4) is 0 Å². The Morgan fingerprint density at radius 2 is 2.23 bits per heavy atom. The molecule has 1 aliphatic heterocycles. The largest absolute Gasteiger partial charge is 0.377 e. The molecule has 1 amide bonds. The highest BCUT2D eigenvalue weighted by atomic mass is 16.5. The first-order valence-electron chi connectivity index (χ1n) is 8.51. The number of carbonyl (C=O) groups excluding carboxylic acids is 1. The number of nitrogens with one attached hydrogen (secondary N) is 1. The minimum Gasteiger partial charge on any atom is -0.377 e. The summed E-state index contributed by atoms with van der Waals surface area (Å²) in [6, 6.07) is 1.78. The lowest BCUT2D eigenvalue weighted by molar-refractivity contribution is -0.121. The molecule has 2 aromatic heterocycles. The molecule has 0 radical (unpaired) electrons. The molecule has 26 heavy (non-hydrogen) atoms. The molecule has 0 aliphatic carbocycles. The van der Waals surface area contributed by atoms with E-state index < -0.39 is 0 Å². The minimum atomic E-state index is -0.0954. The summed E-state index contributed by atoms with van der Waals surface area (Å²) in [7, 11) is 7.31. The van der Waals surface area contributed by atoms with Gasteiger partial charge < -0.3 is 19.9 Å². The number of ether oxygens (including phenoxy) is 1. The summed E-state index contributed by atoms with van der Waals surface area (Å²) in [6.07, 6.45) is 5.51. The number of aromatic nitrogens is 4. The van der Waals surface area contributed by atoms with Gasteiger partial charge in [-0.1, -0.05) is 0 Å². The molecule has 1 fully saturated rings. The summed E-state index contributed by atoms with van der Waals surface area (Å²) in [6.45, 7) is 1.30. The number of amides is 1. The van der Waals surface area contributed by atoms with Gasteiger partial charge in [0.05, 0.1) is 24.8 Å². The molecule has 9 heteroatoms. The van der Waals surface area contributed by atoms with Crippen LogP contribution in [0.2, 0.25) is 0 Å². The van der Waals surface area contributed by atoms with Crippen LogP contribution in [0.5, 0.6) is 0 Å². The van der Waals surface area contributed by atoms with Crippen LogP contribution in [0.3, 0.4) is 0 Å². The van der Waals surface area contributed by atoms with Crippen LogP contribution in [0.4, 0.5) is 11.8 Å². The number of anilines is 2. The smallest absolute Gasteiger partial charge is 0.226 e. The maximum atomic E-state index is 12.4. The molecular weight excluding hydrogens is 334 g/mol. The lowest BCUT2D eigenvalue weighted by Crippen LogP contribution is -2.44. The second kappa shape index (κ2) is 7.69. The Balaban J connectivity index is 1.65. The Hall–Kier alpha value is -2.68. The number of carbonyl (C=O) groups is 1. The number of methoxy groups -OCH3 is 1. The second-order valence-electron chi connectivity index (χ2n) is 6.66. The topological polar surface area (TPSA) is 88.4 Å². The van der Waals surface area contributed by atoms with Gasteiger partial charge in [0.15, 0.2) is 0 Å². The highest BCUT2D eigenvalue weighted by molar-refractivity contribution is 5.79. The maximum Gasteiger partial charge on any atom is 0.226 e. The van der Waals surface area contributed by atoms with E-state index in [-0.39, 0.29) is 18.1 Å². The van der Waals surface area contributed by atoms with E-state index in [2.05, 4.69) is 25.3 Å². The molecular formula is C17H25N7O2. The molecule has 0 unspecified atom stereocenters. The third-order valence-corrected chi connectivity index (χ3v) is 4.39. The van der Waals surface area contributed by atoms with E-state index in [1.807, 2.05) is 38.3 Å². The highest BCUT2D eigenvalue weighted by Crippen LogP contribution is 2.21. The maximum absolute atomic E-state index is 12.4. The van der Waals surface area contributed by atoms with Crippen molar-refractivity contribution in [2.75, 3.05) is 44.1 Å². The normalized spacial score (nSPS) is 19.6. The van der Waals surface area contributed by atoms with Crippen molar-refractivity contribution in [3.05, 3.63) is 30.2 Å². The molecule has 3 heterocycles. The molecule has 3 rings (SSSR count). The van der Waals surface area contributed by atoms with Crippen LogP contribution in [0.25, 0.3) is 0 Å². The third-order valence-electron chi connectivity index (χ3n) is 4.39. The van der Waals surface area contributed by atoms with Gasteiger partial charge in [0.25, 0.3) is 0 Å². The van der Waals surface area contributed by atoms with Gasteiger partial charge in [-0.25, -0.2) is 4.98 Å². The summed E-state index contributed by atoms with van der Waals surface area (Å²) in [5.74, 6) is 1.44. The van der Waals surface area contributed by atoms with Crippen LogP contribution in [0.1, 0.15) is 5.56 Å². The molecule has 0 aromatic carbocycles. The Bertz CT molecular complexity index is 761. The molecule has 2 aromatic rings. The van der Waals surface area contributed by atoms with Gasteiger partial charge in [-0.2, -0.15) is 10.1 Å². The van der Waals surface area contributed by atoms with E-state index in [4.69, 9.17) is 4.74 Å². The van der Waals surface area contributed by atoms with Gasteiger partial charge in [0, 0.05) is 53.7 Å². The average molecular weight is 359 g/mol. The van der Waals surface area contributed by atoms with Gasteiger partial charge in [-0.05, 0) is 11.6 Å². The summed E-state index contributed by atoms with van der Waals surface area (Å²) in [4.78, 5) is 25.2. The summed E-state index contributed by atoms with van der Waals surface area (Å²) in [5.41, 5.74) is 0.889. The van der Waals surface area contributed by atoms with Crippen LogP contribution in [0, 0.1) is 0 Å². The number of rotatable bonds is 6. The zero-order chi connectivity index (χ0) is 18.7. The first-order valence-corrected chi connectivity index (χ1v) is 8.51. The van der Waals surface area contributed by atoms with Crippen molar-refractivity contribution in [2.45, 2.75) is 18.6 Å². The highest BCUT2D eigenvalue weighted by Gasteiger charge is 2.34. The van der Waals surface area contributed by atoms with Crippen molar-refractivity contribution >= 4 is 17.7 Å². The Labute approximate surface area is 153 Å². The molecule has 1 aliphatic rings. The fourth-order valence-electron chi connectivity index (χ4n) is 3.08. The van der Waals surface area contributed by atoms with Gasteiger partial charge in [0.1, 0.15) is 5.82 Å². The van der Waals surface area contributed by atoms with Gasteiger partial charge in [-0.3, -0.25) is 9.48 Å². The van der Waals surface area contributed by atoms with Crippen LogP contribution in [0.15, 0.2) is 24.7 Å². The minimum absolute atomic E-state index is 0.0384. The van der Waals surface area contributed by atoms with Gasteiger partial charge >= 0.3 is 0 Å². The quantitative estimate of drug-likeness (QED) is 0.767. The molecule has 140 valence electrons. The second-order valence-corrected chi connectivity index (χ2v) is 6.66. The van der Waals surface area contributed by atoms with Crippen molar-refractivity contribution < 1.29 is 9.53 Å². The van der Waals surface area contributed by atoms with E-state index >= 15 is 0 Å². The Morgan fingerprint density at radius 3 is 2.88 bits per heavy atom. The van der Waals surface area contributed by atoms with Gasteiger partial charge in [-0.15, -0.1) is 0 Å². The Morgan fingerprint density at radius 1 is 1.42 bits per heavy atom. The standard InChI is InChI=1S/C17H25N7O2/c1-22(2)17-18-6-5-15(21-17)24-10-13(14(11-24)26-4)20-16(25)7-12-8-19-23(3)9-12/h5-6,8-9,13-14H,7,10-11H2,1-4H3,(H,20,25)/t13-,14+/m0/s1. The number of hydrogen-bond acceptors (Lipinski definition) is 7. The third kappa shape index (κ3) is 4.10. The molecule has 1 saturated heterocycles. The lowest BCUT2D eigenvalue weighted by atomic mass is 10.2. The van der Waals surface area contributed by atoms with E-state index in [1.165, 1.54) is 0 Å². The van der Waals surface area contributed by atoms with E-state index in [9.17, 15) is 4.79 Å². The van der Waals surface area contributed by atoms with E-state index in [0.717, 1.165) is 11.4 Å². The zero-order valence-corrected chi connectivity index (χ0v) is 15.6. The summed E-state index contributed by atoms with van der Waals surface area (Å²) < 4.78 is 7.27. The molecule has 0 bridgehead atoms. The molecule has 0 saturated carbocycles. The van der Waals surface area contributed by atoms with Crippen LogP contribution in [-0.4, -0.2) is 72.1 Å². The van der Waals surface area contributed by atoms with Crippen molar-refractivity contribution in [3.63, 3.8) is 0 Å². The number of nitrogens with zero attached hydrogens (tertiary/aromatic N) is 6. The van der Waals surface area contributed by atoms with Crippen LogP contribution < -0.4 is 15.1 Å². The summed E-state index contributed by atoms with van der Waals surface area (Å²) in [5, 5.41) is 7.17. The summed E-state index contributed by atoms with van der Waals surface area (Å²) >= 11 is 0. The first kappa shape index (κ1) is 18.1. The monoisotopic (exact) mass is 359 g/mol. The predicted molar refractivity (Wildman–Crippen MR) is 98.2 cm³/mol. The molecule has 9 nitrogen and oxygen atoms in total. The van der Waals surface area contributed by atoms with Crippen molar-refractivity contribution in [1.82, 2.24) is 25.1 Å². The van der Waals surface area contributed by atoms with Crippen molar-refractivity contribution in [1.29, 1.82) is 0 Å². The van der Waals surface area contributed by atoms with Crippen LogP contribution >= 0.6 is 0 Å². The van der Waals surface area contributed by atoms with E-state index in [1.54, 1.807) is 24.2 Å². The zero-order valence-electron chi connectivity index (χ0n) is 15.6. The Kier molecular flexibility index (Phi) is 5.36. The SMILES string of the molecule is CO[C@@H]1CN(c2ccnc(N(C)C)n2)C[C@@H]1NC(=O)Cc1cnn(C)c1. The fourth-order valence-corrected chi connectivity index (χ4v) is 3.08. The average Bonchev–Trinajstić information content (AvgIpc) is 3.20.